The standard InChI is InChI=1S/C18H14N3O/c19-13-7-5-12(6-8-13)18-11-17(21-22-18)15-9-10-20-16-4-2-1-3-14(15)16/h1-10,18-19H,11H2. The van der Waals surface area contributed by atoms with Crippen molar-refractivity contribution < 1.29 is 4.84 Å². The lowest BCUT2D eigenvalue weighted by molar-refractivity contribution is 0.0857. The molecule has 1 aliphatic rings. The summed E-state index contributed by atoms with van der Waals surface area (Å²) in [5, 5.41) is 5.37. The van der Waals surface area contributed by atoms with E-state index in [1.165, 1.54) is 0 Å². The minimum atomic E-state index is -0.0810. The topological polar surface area (TPSA) is 58.3 Å². The van der Waals surface area contributed by atoms with E-state index in [-0.39, 0.29) is 6.10 Å². The summed E-state index contributed by atoms with van der Waals surface area (Å²) >= 11 is 0. The third-order valence-corrected chi connectivity index (χ3v) is 3.91. The summed E-state index contributed by atoms with van der Waals surface area (Å²) in [6, 6.07) is 17.4. The van der Waals surface area contributed by atoms with Gasteiger partial charge in [-0.2, -0.15) is 0 Å². The monoisotopic (exact) mass is 288 g/mol. The fourth-order valence-corrected chi connectivity index (χ4v) is 2.76. The molecule has 0 saturated carbocycles. The molecule has 1 radical (unpaired) electrons. The van der Waals surface area contributed by atoms with Gasteiger partial charge in [0, 0.05) is 23.6 Å². The van der Waals surface area contributed by atoms with E-state index in [9.17, 15) is 0 Å². The van der Waals surface area contributed by atoms with Crippen molar-refractivity contribution in [2.75, 3.05) is 0 Å². The minimum absolute atomic E-state index is 0.0810. The molecule has 1 aliphatic heterocycles. The van der Waals surface area contributed by atoms with Gasteiger partial charge in [0.15, 0.2) is 6.10 Å². The van der Waals surface area contributed by atoms with Gasteiger partial charge < -0.3 is 10.6 Å². The first-order chi connectivity index (χ1) is 10.8. The third-order valence-electron chi connectivity index (χ3n) is 3.91. The largest absolute Gasteiger partial charge is 0.387 e. The number of hydrogen-bond acceptors (Lipinski definition) is 3. The highest BCUT2D eigenvalue weighted by Gasteiger charge is 2.24. The number of aromatic nitrogens is 1. The maximum Gasteiger partial charge on any atom is 0.158 e. The quantitative estimate of drug-likeness (QED) is 0.715. The zero-order valence-corrected chi connectivity index (χ0v) is 11.9. The summed E-state index contributed by atoms with van der Waals surface area (Å²) in [5.41, 5.74) is 12.1. The van der Waals surface area contributed by atoms with Crippen LogP contribution in [0.2, 0.25) is 0 Å². The summed E-state index contributed by atoms with van der Waals surface area (Å²) in [6.45, 7) is 0. The summed E-state index contributed by atoms with van der Waals surface area (Å²) < 4.78 is 0. The van der Waals surface area contributed by atoms with Crippen molar-refractivity contribution >= 4 is 22.3 Å². The van der Waals surface area contributed by atoms with Crippen LogP contribution < -0.4 is 5.73 Å². The normalized spacial score (nSPS) is 17.3. The lowest BCUT2D eigenvalue weighted by Gasteiger charge is -2.08. The molecule has 1 N–H and O–H groups in total. The molecular formula is C18H14N3O. The molecule has 1 unspecified atom stereocenters. The zero-order chi connectivity index (χ0) is 14.9. The molecular weight excluding hydrogens is 274 g/mol. The van der Waals surface area contributed by atoms with Gasteiger partial charge in [0.2, 0.25) is 0 Å². The van der Waals surface area contributed by atoms with Crippen molar-refractivity contribution in [2.24, 2.45) is 5.16 Å². The van der Waals surface area contributed by atoms with Gasteiger partial charge >= 0.3 is 0 Å². The molecule has 107 valence electrons. The van der Waals surface area contributed by atoms with Gasteiger partial charge in [0.1, 0.15) is 0 Å². The highest BCUT2D eigenvalue weighted by atomic mass is 16.6. The lowest BCUT2D eigenvalue weighted by atomic mass is 9.98. The molecule has 0 saturated heterocycles. The number of nitrogens with one attached hydrogen (secondary N) is 1. The molecule has 2 aromatic carbocycles. The van der Waals surface area contributed by atoms with Crippen LogP contribution in [0.3, 0.4) is 0 Å². The second kappa shape index (κ2) is 5.15. The van der Waals surface area contributed by atoms with Gasteiger partial charge in [0.25, 0.3) is 0 Å². The van der Waals surface area contributed by atoms with Crippen LogP contribution in [0.4, 0.5) is 5.69 Å². The highest BCUT2D eigenvalue weighted by Crippen LogP contribution is 2.31. The number of benzene rings is 2. The van der Waals surface area contributed by atoms with Crippen LogP contribution in [0, 0.1) is 0 Å². The average molecular weight is 288 g/mol. The van der Waals surface area contributed by atoms with Gasteiger partial charge in [-0.3, -0.25) is 4.98 Å². The van der Waals surface area contributed by atoms with Crippen molar-refractivity contribution in [3.8, 4) is 0 Å². The lowest BCUT2D eigenvalue weighted by Crippen LogP contribution is -2.02. The summed E-state index contributed by atoms with van der Waals surface area (Å²) in [7, 11) is 0. The molecule has 3 aromatic rings. The average Bonchev–Trinajstić information content (AvgIpc) is 3.05. The number of hydrogen-bond donors (Lipinski definition) is 0. The number of nitrogens with zero attached hydrogens (tertiary/aromatic N) is 2. The van der Waals surface area contributed by atoms with Gasteiger partial charge in [-0.15, -0.1) is 0 Å². The predicted octanol–water partition coefficient (Wildman–Crippen LogP) is 4.01. The van der Waals surface area contributed by atoms with Gasteiger partial charge in [-0.1, -0.05) is 35.5 Å². The van der Waals surface area contributed by atoms with Crippen molar-refractivity contribution in [2.45, 2.75) is 12.5 Å². The van der Waals surface area contributed by atoms with Crippen molar-refractivity contribution in [1.82, 2.24) is 10.7 Å². The Bertz CT molecular complexity index is 850. The molecule has 0 fully saturated rings. The first kappa shape index (κ1) is 12.8. The number of fused-ring (bicyclic) bond motifs is 1. The van der Waals surface area contributed by atoms with E-state index >= 15 is 0 Å². The van der Waals surface area contributed by atoms with Crippen molar-refractivity contribution in [3.05, 3.63) is 71.9 Å². The van der Waals surface area contributed by atoms with Crippen LogP contribution in [0.1, 0.15) is 23.7 Å². The summed E-state index contributed by atoms with van der Waals surface area (Å²) in [4.78, 5) is 9.98. The van der Waals surface area contributed by atoms with Crippen LogP contribution in [0.5, 0.6) is 0 Å². The number of oxime groups is 1. The summed E-state index contributed by atoms with van der Waals surface area (Å²) in [6.07, 6.45) is 2.45. The minimum Gasteiger partial charge on any atom is -0.387 e. The second-order valence-corrected chi connectivity index (χ2v) is 5.33. The Morgan fingerprint density at radius 1 is 1.00 bits per heavy atom. The third kappa shape index (κ3) is 2.19. The van der Waals surface area contributed by atoms with Gasteiger partial charge in [-0.05, 0) is 29.8 Å². The number of pyridine rings is 1. The van der Waals surface area contributed by atoms with Crippen LogP contribution >= 0.6 is 0 Å². The molecule has 1 aromatic heterocycles. The first-order valence-corrected chi connectivity index (χ1v) is 7.19. The number of rotatable bonds is 2. The second-order valence-electron chi connectivity index (χ2n) is 5.33. The molecule has 0 aliphatic carbocycles. The van der Waals surface area contributed by atoms with Crippen LogP contribution in [-0.2, 0) is 4.84 Å². The Kier molecular flexibility index (Phi) is 3.00. The molecule has 0 spiro atoms. The van der Waals surface area contributed by atoms with Gasteiger partial charge in [0.05, 0.1) is 16.9 Å². The Morgan fingerprint density at radius 2 is 1.82 bits per heavy atom. The Morgan fingerprint density at radius 3 is 2.68 bits per heavy atom. The fraction of sp³-hybridized carbons (Fsp3) is 0.111. The zero-order valence-electron chi connectivity index (χ0n) is 11.9. The molecule has 4 nitrogen and oxygen atoms in total. The van der Waals surface area contributed by atoms with Crippen molar-refractivity contribution in [1.29, 1.82) is 0 Å². The maximum absolute atomic E-state index is 7.55. The van der Waals surface area contributed by atoms with E-state index in [1.807, 2.05) is 42.6 Å². The van der Waals surface area contributed by atoms with E-state index in [1.54, 1.807) is 12.1 Å². The smallest absolute Gasteiger partial charge is 0.158 e. The van der Waals surface area contributed by atoms with E-state index in [2.05, 4.69) is 16.2 Å². The molecule has 0 bridgehead atoms. The Hall–Kier alpha value is -2.88. The van der Waals surface area contributed by atoms with E-state index < -0.39 is 0 Å². The van der Waals surface area contributed by atoms with E-state index in [0.29, 0.717) is 5.69 Å². The molecule has 22 heavy (non-hydrogen) atoms. The Labute approximate surface area is 128 Å². The molecule has 0 amide bonds. The molecule has 4 heteroatoms. The molecule has 2 heterocycles. The first-order valence-electron chi connectivity index (χ1n) is 7.19. The molecule has 4 rings (SSSR count). The van der Waals surface area contributed by atoms with Crippen LogP contribution in [-0.4, -0.2) is 10.7 Å². The van der Waals surface area contributed by atoms with E-state index in [0.717, 1.165) is 34.2 Å². The predicted molar refractivity (Wildman–Crippen MR) is 85.9 cm³/mol. The van der Waals surface area contributed by atoms with Crippen LogP contribution in [0.15, 0.2) is 65.9 Å². The van der Waals surface area contributed by atoms with Gasteiger partial charge in [-0.25, -0.2) is 0 Å². The van der Waals surface area contributed by atoms with Crippen LogP contribution in [0.25, 0.3) is 10.9 Å². The van der Waals surface area contributed by atoms with E-state index in [4.69, 9.17) is 10.6 Å². The number of para-hydroxylation sites is 1. The van der Waals surface area contributed by atoms with Crippen molar-refractivity contribution in [3.63, 3.8) is 0 Å². The summed E-state index contributed by atoms with van der Waals surface area (Å²) in [5.74, 6) is 0. The maximum atomic E-state index is 7.55. The SMILES string of the molecule is [NH]c1ccc(C2CC(c3ccnc4ccccc34)=NO2)cc1. The molecule has 1 atom stereocenters. The Balaban J connectivity index is 1.66. The highest BCUT2D eigenvalue weighted by molar-refractivity contribution is 6.10. The fourth-order valence-electron chi connectivity index (χ4n) is 2.76.